The number of hydrogen-bond acceptors (Lipinski definition) is 3. The molecule has 5 nitrogen and oxygen atoms in total. The highest BCUT2D eigenvalue weighted by Crippen LogP contribution is 2.18. The number of imidazole rings is 1. The number of aliphatic hydroxyl groups excluding tert-OH is 1. The van der Waals surface area contributed by atoms with Crippen LogP contribution in [0.4, 0.5) is 5.69 Å². The average Bonchev–Trinajstić information content (AvgIpc) is 2.78. The van der Waals surface area contributed by atoms with Crippen molar-refractivity contribution in [3.8, 4) is 0 Å². The minimum atomic E-state index is 0.0295. The molecule has 0 saturated heterocycles. The number of H-pyrrole nitrogens is 1. The number of carbonyl (C=O) groups excluding carboxylic acids is 1. The fourth-order valence-electron chi connectivity index (χ4n) is 1.96. The zero-order valence-corrected chi connectivity index (χ0v) is 11.1. The summed E-state index contributed by atoms with van der Waals surface area (Å²) in [6.07, 6.45) is 2.79. The normalized spacial score (nSPS) is 10.8. The Morgan fingerprint density at radius 2 is 2.32 bits per heavy atom. The van der Waals surface area contributed by atoms with E-state index in [4.69, 9.17) is 5.11 Å². The van der Waals surface area contributed by atoms with Crippen molar-refractivity contribution < 1.29 is 9.90 Å². The second-order valence-electron chi connectivity index (χ2n) is 4.54. The van der Waals surface area contributed by atoms with E-state index in [0.717, 1.165) is 35.4 Å². The fourth-order valence-corrected chi connectivity index (χ4v) is 1.96. The second-order valence-corrected chi connectivity index (χ2v) is 4.54. The molecule has 0 unspecified atom stereocenters. The Morgan fingerprint density at radius 3 is 3.05 bits per heavy atom. The minimum absolute atomic E-state index is 0.0295. The molecule has 1 heterocycles. The molecule has 1 aromatic heterocycles. The van der Waals surface area contributed by atoms with Crippen molar-refractivity contribution in [1.29, 1.82) is 0 Å². The van der Waals surface area contributed by atoms with Crippen LogP contribution in [0, 0.1) is 0 Å². The van der Waals surface area contributed by atoms with Gasteiger partial charge in [-0.3, -0.25) is 4.79 Å². The number of amides is 1. The summed E-state index contributed by atoms with van der Waals surface area (Å²) in [6, 6.07) is 5.63. The van der Waals surface area contributed by atoms with Crippen LogP contribution in [0.5, 0.6) is 0 Å². The van der Waals surface area contributed by atoms with Crippen LogP contribution < -0.4 is 5.32 Å². The van der Waals surface area contributed by atoms with Gasteiger partial charge in [-0.25, -0.2) is 4.98 Å². The number of carbonyl (C=O) groups is 1. The molecule has 0 fully saturated rings. The monoisotopic (exact) mass is 261 g/mol. The van der Waals surface area contributed by atoms with Crippen LogP contribution in [0.3, 0.4) is 0 Å². The topological polar surface area (TPSA) is 78.0 Å². The van der Waals surface area contributed by atoms with Gasteiger partial charge in [-0.1, -0.05) is 6.92 Å². The highest BCUT2D eigenvalue weighted by Gasteiger charge is 2.05. The van der Waals surface area contributed by atoms with Gasteiger partial charge in [0.25, 0.3) is 0 Å². The number of fused-ring (bicyclic) bond motifs is 1. The molecule has 0 spiro atoms. The maximum atomic E-state index is 11.5. The van der Waals surface area contributed by atoms with Gasteiger partial charge in [-0.05, 0) is 31.0 Å². The molecule has 2 aromatic rings. The largest absolute Gasteiger partial charge is 0.396 e. The van der Waals surface area contributed by atoms with Gasteiger partial charge in [0.2, 0.25) is 5.91 Å². The third kappa shape index (κ3) is 3.54. The molecule has 0 atom stereocenters. The van der Waals surface area contributed by atoms with Gasteiger partial charge >= 0.3 is 0 Å². The molecule has 2 rings (SSSR count). The van der Waals surface area contributed by atoms with Crippen molar-refractivity contribution in [2.24, 2.45) is 0 Å². The predicted molar refractivity (Wildman–Crippen MR) is 75.0 cm³/mol. The fraction of sp³-hybridized carbons (Fsp3) is 0.429. The van der Waals surface area contributed by atoms with Crippen molar-refractivity contribution in [3.05, 3.63) is 24.0 Å². The number of aromatic nitrogens is 2. The first-order valence-corrected chi connectivity index (χ1v) is 6.62. The molecule has 0 radical (unpaired) electrons. The maximum Gasteiger partial charge on any atom is 0.224 e. The summed E-state index contributed by atoms with van der Waals surface area (Å²) in [4.78, 5) is 19.2. The Morgan fingerprint density at radius 1 is 1.47 bits per heavy atom. The van der Waals surface area contributed by atoms with Crippen LogP contribution >= 0.6 is 0 Å². The Balaban J connectivity index is 2.13. The van der Waals surface area contributed by atoms with Crippen LogP contribution in [0.25, 0.3) is 11.0 Å². The Hall–Kier alpha value is -1.88. The number of nitrogens with one attached hydrogen (secondary N) is 2. The van der Waals surface area contributed by atoms with E-state index in [1.165, 1.54) is 0 Å². The molecule has 5 heteroatoms. The molecular weight excluding hydrogens is 242 g/mol. The molecule has 3 N–H and O–H groups in total. The van der Waals surface area contributed by atoms with E-state index in [9.17, 15) is 4.79 Å². The van der Waals surface area contributed by atoms with Crippen molar-refractivity contribution in [2.75, 3.05) is 11.9 Å². The number of aliphatic hydroxyl groups is 1. The summed E-state index contributed by atoms with van der Waals surface area (Å²) in [5.41, 5.74) is 2.56. The quantitative estimate of drug-likeness (QED) is 0.746. The van der Waals surface area contributed by atoms with Crippen molar-refractivity contribution in [2.45, 2.75) is 32.6 Å². The van der Waals surface area contributed by atoms with Crippen LogP contribution in [-0.2, 0) is 11.2 Å². The molecule has 0 aliphatic rings. The van der Waals surface area contributed by atoms with Crippen LogP contribution in [0.1, 0.15) is 32.0 Å². The molecule has 0 aliphatic carbocycles. The first kappa shape index (κ1) is 13.5. The van der Waals surface area contributed by atoms with Gasteiger partial charge in [0.15, 0.2) is 0 Å². The first-order valence-electron chi connectivity index (χ1n) is 6.62. The zero-order valence-electron chi connectivity index (χ0n) is 11.1. The Labute approximate surface area is 112 Å². The number of benzene rings is 1. The number of hydrogen-bond donors (Lipinski definition) is 3. The number of anilines is 1. The van der Waals surface area contributed by atoms with Gasteiger partial charge in [0.05, 0.1) is 11.0 Å². The third-order valence-corrected chi connectivity index (χ3v) is 2.86. The summed E-state index contributed by atoms with van der Waals surface area (Å²) in [5, 5.41) is 11.7. The van der Waals surface area contributed by atoms with Gasteiger partial charge < -0.3 is 15.4 Å². The summed E-state index contributed by atoms with van der Waals surface area (Å²) in [6.45, 7) is 2.14. The number of rotatable bonds is 6. The molecule has 0 bridgehead atoms. The van der Waals surface area contributed by atoms with E-state index in [-0.39, 0.29) is 12.5 Å². The Bertz CT molecular complexity index is 563. The van der Waals surface area contributed by atoms with Gasteiger partial charge in [-0.15, -0.1) is 0 Å². The average molecular weight is 261 g/mol. The molecule has 19 heavy (non-hydrogen) atoms. The number of nitrogens with zero attached hydrogens (tertiary/aromatic N) is 1. The Kier molecular flexibility index (Phi) is 4.52. The van der Waals surface area contributed by atoms with E-state index >= 15 is 0 Å². The zero-order chi connectivity index (χ0) is 13.7. The van der Waals surface area contributed by atoms with Gasteiger partial charge in [-0.2, -0.15) is 0 Å². The van der Waals surface area contributed by atoms with Crippen molar-refractivity contribution in [1.82, 2.24) is 9.97 Å². The molecule has 0 saturated carbocycles. The summed E-state index contributed by atoms with van der Waals surface area (Å²) < 4.78 is 0. The van der Waals surface area contributed by atoms with E-state index < -0.39 is 0 Å². The van der Waals surface area contributed by atoms with E-state index in [2.05, 4.69) is 15.3 Å². The smallest absolute Gasteiger partial charge is 0.224 e. The highest BCUT2D eigenvalue weighted by molar-refractivity contribution is 5.92. The minimum Gasteiger partial charge on any atom is -0.396 e. The highest BCUT2D eigenvalue weighted by atomic mass is 16.2. The standard InChI is InChI=1S/C14H19N3O2/c1-2-4-14(19)15-10-6-7-11-12(9-10)17-13(16-11)5-3-8-18/h6-7,9,18H,2-5,8H2,1H3,(H,15,19)(H,16,17). The number of aryl methyl sites for hydroxylation is 1. The lowest BCUT2D eigenvalue weighted by molar-refractivity contribution is -0.116. The maximum absolute atomic E-state index is 11.5. The van der Waals surface area contributed by atoms with Crippen molar-refractivity contribution in [3.63, 3.8) is 0 Å². The predicted octanol–water partition coefficient (Wildman–Crippen LogP) is 2.23. The van der Waals surface area contributed by atoms with Crippen LogP contribution in [-0.4, -0.2) is 27.6 Å². The van der Waals surface area contributed by atoms with Crippen LogP contribution in [0.15, 0.2) is 18.2 Å². The SMILES string of the molecule is CCCC(=O)Nc1ccc2nc(CCCO)[nH]c2c1. The second kappa shape index (κ2) is 6.33. The molecule has 1 amide bonds. The van der Waals surface area contributed by atoms with Gasteiger partial charge in [0.1, 0.15) is 5.82 Å². The van der Waals surface area contributed by atoms with Crippen molar-refractivity contribution >= 4 is 22.6 Å². The summed E-state index contributed by atoms with van der Waals surface area (Å²) in [5.74, 6) is 0.892. The lowest BCUT2D eigenvalue weighted by atomic mass is 10.2. The van der Waals surface area contributed by atoms with Crippen LogP contribution in [0.2, 0.25) is 0 Å². The van der Waals surface area contributed by atoms with E-state index in [0.29, 0.717) is 12.8 Å². The lowest BCUT2D eigenvalue weighted by Crippen LogP contribution is -2.10. The van der Waals surface area contributed by atoms with E-state index in [1.54, 1.807) is 0 Å². The first-order chi connectivity index (χ1) is 9.22. The molecular formula is C14H19N3O2. The molecule has 1 aromatic carbocycles. The molecule has 0 aliphatic heterocycles. The third-order valence-electron chi connectivity index (χ3n) is 2.86. The van der Waals surface area contributed by atoms with E-state index in [1.807, 2.05) is 25.1 Å². The molecule has 102 valence electrons. The lowest BCUT2D eigenvalue weighted by Gasteiger charge is -2.03. The summed E-state index contributed by atoms with van der Waals surface area (Å²) in [7, 11) is 0. The number of aromatic amines is 1. The summed E-state index contributed by atoms with van der Waals surface area (Å²) >= 11 is 0. The van der Waals surface area contributed by atoms with Gasteiger partial charge in [0, 0.05) is 25.1 Å².